The first-order valence-electron chi connectivity index (χ1n) is 17.5. The molecule has 0 radical (unpaired) electrons. The molecule has 10 nitrogen and oxygen atoms in total. The van der Waals surface area contributed by atoms with E-state index >= 15 is 0 Å². The number of piperidine rings is 1. The zero-order chi connectivity index (χ0) is 32.2. The number of nitrogens with zero attached hydrogens (tertiary/aromatic N) is 4. The number of carbonyl (C=O) groups is 4. The Morgan fingerprint density at radius 3 is 2.41 bits per heavy atom. The molecule has 46 heavy (non-hydrogen) atoms. The number of hydrogen-bond donors (Lipinski definition) is 2. The van der Waals surface area contributed by atoms with Gasteiger partial charge in [0.15, 0.2) is 5.78 Å². The normalized spacial score (nSPS) is 24.3. The third-order valence-corrected chi connectivity index (χ3v) is 11.1. The van der Waals surface area contributed by atoms with Crippen LogP contribution >= 0.6 is 0 Å². The molecule has 2 aliphatic heterocycles. The predicted molar refractivity (Wildman–Crippen MR) is 175 cm³/mol. The molecule has 2 N–H and O–H groups in total. The Hall–Kier alpha value is -3.53. The van der Waals surface area contributed by atoms with Gasteiger partial charge in [-0.2, -0.15) is 5.10 Å². The molecule has 3 amide bonds. The van der Waals surface area contributed by atoms with Gasteiger partial charge in [-0.05, 0) is 67.6 Å². The zero-order valence-electron chi connectivity index (χ0n) is 27.5. The highest BCUT2D eigenvalue weighted by molar-refractivity contribution is 5.97. The molecular formula is C36H50N6O4. The summed E-state index contributed by atoms with van der Waals surface area (Å²) < 4.78 is 1.53. The van der Waals surface area contributed by atoms with E-state index in [4.69, 9.17) is 0 Å². The van der Waals surface area contributed by atoms with Gasteiger partial charge in [-0.25, -0.2) is 0 Å². The van der Waals surface area contributed by atoms with Crippen molar-refractivity contribution < 1.29 is 19.2 Å². The fraction of sp³-hybridized carbons (Fsp3) is 0.639. The molecule has 10 heteroatoms. The van der Waals surface area contributed by atoms with Gasteiger partial charge in [0.25, 0.3) is 5.91 Å². The van der Waals surface area contributed by atoms with Crippen molar-refractivity contribution in [1.29, 1.82) is 0 Å². The van der Waals surface area contributed by atoms with Crippen molar-refractivity contribution >= 4 is 23.5 Å². The van der Waals surface area contributed by atoms with Gasteiger partial charge in [0.2, 0.25) is 11.8 Å². The third kappa shape index (κ3) is 7.22. The Balaban J connectivity index is 1.06. The molecule has 2 bridgehead atoms. The van der Waals surface area contributed by atoms with Gasteiger partial charge >= 0.3 is 0 Å². The van der Waals surface area contributed by atoms with E-state index in [1.165, 1.54) is 30.4 Å². The SMILES string of the molecule is CCC(=O)N[C@H](Cc1ccc(CCC(=O)[C@@H](NC(=O)c2ccnn2C)C2CCCCC2)cc1)C(=O)N1CCN2[C@H]3CC[C@H](C3)[C@H]2C1. The van der Waals surface area contributed by atoms with Crippen molar-refractivity contribution in [2.24, 2.45) is 18.9 Å². The number of benzene rings is 1. The number of aromatic nitrogens is 2. The highest BCUT2D eigenvalue weighted by Gasteiger charge is 2.48. The molecule has 2 saturated heterocycles. The quantitative estimate of drug-likeness (QED) is 0.371. The van der Waals surface area contributed by atoms with Crippen LogP contribution < -0.4 is 10.6 Å². The van der Waals surface area contributed by atoms with E-state index in [2.05, 4.69) is 20.6 Å². The third-order valence-electron chi connectivity index (χ3n) is 11.1. The van der Waals surface area contributed by atoms with Crippen molar-refractivity contribution in [2.45, 2.75) is 108 Å². The minimum absolute atomic E-state index is 0.0146. The number of fused-ring (bicyclic) bond motifs is 5. The number of hydrogen-bond acceptors (Lipinski definition) is 6. The molecule has 0 unspecified atom stereocenters. The van der Waals surface area contributed by atoms with Gasteiger partial charge in [-0.1, -0.05) is 50.5 Å². The number of ketones is 1. The second-order valence-corrected chi connectivity index (χ2v) is 14.0. The summed E-state index contributed by atoms with van der Waals surface area (Å²) in [7, 11) is 1.73. The summed E-state index contributed by atoms with van der Waals surface area (Å²) in [6, 6.07) is 9.78. The van der Waals surface area contributed by atoms with Crippen LogP contribution in [0, 0.1) is 11.8 Å². The standard InChI is InChI=1S/C36H50N6O4/c1-3-33(44)38-29(36(46)41-19-20-42-28-15-14-27(22-28)31(42)23-41)21-25-11-9-24(10-12-25)13-16-32(43)34(26-7-5-4-6-8-26)39-35(45)30-17-18-37-40(30)2/h9-12,17-18,26-29,31,34H,3-8,13-16,19-23H2,1-2H3,(H,38,44)(H,39,45)/t27-,28+,29-,31-,34+/m1/s1. The predicted octanol–water partition coefficient (Wildman–Crippen LogP) is 3.43. The number of nitrogens with one attached hydrogen (secondary N) is 2. The molecule has 3 heterocycles. The van der Waals surface area contributed by atoms with E-state index in [1.54, 1.807) is 19.3 Å². The maximum Gasteiger partial charge on any atom is 0.270 e. The Bertz CT molecular complexity index is 1400. The monoisotopic (exact) mass is 630 g/mol. The van der Waals surface area contributed by atoms with Gasteiger partial charge < -0.3 is 15.5 Å². The number of Topliss-reactive ketones (excluding diaryl/α,β-unsaturated/α-hetero) is 1. The molecule has 1 aromatic carbocycles. The van der Waals surface area contributed by atoms with Crippen LogP contribution in [0.4, 0.5) is 0 Å². The molecule has 6 rings (SSSR count). The van der Waals surface area contributed by atoms with Gasteiger partial charge in [0.1, 0.15) is 11.7 Å². The van der Waals surface area contributed by atoms with Gasteiger partial charge in [-0.15, -0.1) is 0 Å². The number of carbonyl (C=O) groups excluding carboxylic acids is 4. The van der Waals surface area contributed by atoms with Crippen molar-refractivity contribution in [2.75, 3.05) is 19.6 Å². The Morgan fingerprint density at radius 1 is 0.935 bits per heavy atom. The number of rotatable bonds is 12. The van der Waals surface area contributed by atoms with E-state index in [-0.39, 0.29) is 29.4 Å². The minimum Gasteiger partial charge on any atom is -0.344 e. The molecular weight excluding hydrogens is 580 g/mol. The van der Waals surface area contributed by atoms with Crippen LogP contribution in [0.2, 0.25) is 0 Å². The summed E-state index contributed by atoms with van der Waals surface area (Å²) in [5.41, 5.74) is 2.46. The highest BCUT2D eigenvalue weighted by Crippen LogP contribution is 2.43. The second kappa shape index (κ2) is 14.5. The van der Waals surface area contributed by atoms with E-state index in [0.717, 1.165) is 49.9 Å². The summed E-state index contributed by atoms with van der Waals surface area (Å²) >= 11 is 0. The fourth-order valence-electron chi connectivity index (χ4n) is 8.50. The lowest BCUT2D eigenvalue weighted by Crippen LogP contribution is -2.60. The van der Waals surface area contributed by atoms with Crippen molar-refractivity contribution in [3.8, 4) is 0 Å². The molecule has 2 aromatic rings. The first-order valence-corrected chi connectivity index (χ1v) is 17.5. The molecule has 0 spiro atoms. The van der Waals surface area contributed by atoms with Crippen LogP contribution in [0.1, 0.15) is 92.7 Å². The van der Waals surface area contributed by atoms with Crippen molar-refractivity contribution in [1.82, 2.24) is 30.2 Å². The zero-order valence-corrected chi connectivity index (χ0v) is 27.5. The van der Waals surface area contributed by atoms with E-state index < -0.39 is 12.1 Å². The first-order chi connectivity index (χ1) is 22.3. The summed E-state index contributed by atoms with van der Waals surface area (Å²) in [6.07, 6.45) is 12.3. The smallest absolute Gasteiger partial charge is 0.270 e. The highest BCUT2D eigenvalue weighted by atomic mass is 16.2. The largest absolute Gasteiger partial charge is 0.344 e. The average molecular weight is 631 g/mol. The lowest BCUT2D eigenvalue weighted by molar-refractivity contribution is -0.139. The van der Waals surface area contributed by atoms with Crippen LogP contribution in [-0.4, -0.2) is 86.9 Å². The van der Waals surface area contributed by atoms with Crippen LogP contribution in [-0.2, 0) is 34.3 Å². The minimum atomic E-state index is -0.593. The Morgan fingerprint density at radius 2 is 1.70 bits per heavy atom. The Labute approximate surface area is 272 Å². The number of aryl methyl sites for hydroxylation is 2. The summed E-state index contributed by atoms with van der Waals surface area (Å²) in [5.74, 6) is 0.551. The average Bonchev–Trinajstić information content (AvgIpc) is 3.83. The molecule has 2 aliphatic carbocycles. The van der Waals surface area contributed by atoms with Crippen LogP contribution in [0.5, 0.6) is 0 Å². The van der Waals surface area contributed by atoms with Crippen LogP contribution in [0.15, 0.2) is 36.5 Å². The molecule has 4 fully saturated rings. The van der Waals surface area contributed by atoms with Crippen molar-refractivity contribution in [3.63, 3.8) is 0 Å². The van der Waals surface area contributed by atoms with E-state index in [1.807, 2.05) is 36.1 Å². The maximum atomic E-state index is 13.8. The van der Waals surface area contributed by atoms with Gasteiger partial charge in [0.05, 0.1) is 6.04 Å². The molecule has 1 aromatic heterocycles. The number of piperazine rings is 1. The van der Waals surface area contributed by atoms with E-state index in [9.17, 15) is 19.2 Å². The molecule has 4 aliphatic rings. The molecule has 248 valence electrons. The molecule has 5 atom stereocenters. The topological polar surface area (TPSA) is 117 Å². The van der Waals surface area contributed by atoms with Gasteiger partial charge in [-0.3, -0.25) is 28.8 Å². The summed E-state index contributed by atoms with van der Waals surface area (Å²) in [6.45, 7) is 4.21. The maximum absolute atomic E-state index is 13.8. The molecule has 2 saturated carbocycles. The first kappa shape index (κ1) is 32.4. The summed E-state index contributed by atoms with van der Waals surface area (Å²) in [4.78, 5) is 57.4. The van der Waals surface area contributed by atoms with Crippen LogP contribution in [0.3, 0.4) is 0 Å². The van der Waals surface area contributed by atoms with Crippen molar-refractivity contribution in [3.05, 3.63) is 53.3 Å². The van der Waals surface area contributed by atoms with Crippen LogP contribution in [0.25, 0.3) is 0 Å². The Kier molecular flexibility index (Phi) is 10.2. The van der Waals surface area contributed by atoms with E-state index in [0.29, 0.717) is 55.9 Å². The lowest BCUT2D eigenvalue weighted by atomic mass is 9.81. The van der Waals surface area contributed by atoms with Gasteiger partial charge in [0, 0.05) is 64.2 Å². The lowest BCUT2D eigenvalue weighted by Gasteiger charge is -2.44. The number of amides is 3. The summed E-state index contributed by atoms with van der Waals surface area (Å²) in [5, 5.41) is 10.2. The fourth-order valence-corrected chi connectivity index (χ4v) is 8.50. The second-order valence-electron chi connectivity index (χ2n) is 14.0.